The molecule has 2 aliphatic rings. The monoisotopic (exact) mass is 536 g/mol. The zero-order valence-electron chi connectivity index (χ0n) is 22.3. The van der Waals surface area contributed by atoms with Gasteiger partial charge in [0.25, 0.3) is 5.24 Å². The Hall–Kier alpha value is -3.46. The number of aryl methyl sites for hydroxylation is 1. The fraction of sp³-hybridized carbons (Fsp3) is 0.414. The van der Waals surface area contributed by atoms with Gasteiger partial charge < -0.3 is 19.0 Å². The van der Waals surface area contributed by atoms with Crippen molar-refractivity contribution in [2.24, 2.45) is 0 Å². The first kappa shape index (κ1) is 26.2. The summed E-state index contributed by atoms with van der Waals surface area (Å²) in [6, 6.07) is 7.56. The van der Waals surface area contributed by atoms with Crippen molar-refractivity contribution < 1.29 is 28.6 Å². The number of phenolic OH excluding ortho intramolecular Hbond substituents is 1. The van der Waals surface area contributed by atoms with E-state index in [0.29, 0.717) is 37.5 Å². The van der Waals surface area contributed by atoms with Gasteiger partial charge in [-0.1, -0.05) is 23.9 Å². The van der Waals surface area contributed by atoms with Crippen LogP contribution in [0, 0.1) is 27.7 Å². The fourth-order valence-corrected chi connectivity index (χ4v) is 5.87. The molecular weight excluding hydrogens is 504 g/mol. The number of oxazole rings is 1. The van der Waals surface area contributed by atoms with Crippen LogP contribution in [0.2, 0.25) is 0 Å². The molecule has 3 heterocycles. The Labute approximate surface area is 226 Å². The number of ether oxygens (including phenoxy) is 2. The third kappa shape index (κ3) is 4.87. The summed E-state index contributed by atoms with van der Waals surface area (Å²) in [5, 5.41) is 12.1. The van der Waals surface area contributed by atoms with E-state index in [-0.39, 0.29) is 16.4 Å². The minimum absolute atomic E-state index is 0.237. The van der Waals surface area contributed by atoms with Crippen molar-refractivity contribution in [3.05, 3.63) is 69.4 Å². The summed E-state index contributed by atoms with van der Waals surface area (Å²) in [5.41, 5.74) is 4.79. The van der Waals surface area contributed by atoms with E-state index in [1.54, 1.807) is 0 Å². The van der Waals surface area contributed by atoms with Gasteiger partial charge in [-0.15, -0.1) is 0 Å². The average molecular weight is 537 g/mol. The molecule has 0 radical (unpaired) electrons. The minimum atomic E-state index is -0.702. The first-order chi connectivity index (χ1) is 18.1. The SMILES string of the molecule is Cc1oc(C2(C)CCc3c(C)c(O)c(C)c(C)c3O2)nc1CCOc1ccc(CC2SC(=O)NC2=O)cc1. The van der Waals surface area contributed by atoms with E-state index in [1.165, 1.54) is 0 Å². The topological polar surface area (TPSA) is 111 Å². The van der Waals surface area contributed by atoms with Crippen LogP contribution >= 0.6 is 11.8 Å². The minimum Gasteiger partial charge on any atom is -0.507 e. The molecule has 2 aromatic carbocycles. The van der Waals surface area contributed by atoms with Crippen molar-refractivity contribution in [1.82, 2.24) is 10.3 Å². The Morgan fingerprint density at radius 2 is 1.87 bits per heavy atom. The third-order valence-electron chi connectivity index (χ3n) is 7.58. The number of aromatic hydroxyl groups is 1. The normalized spacial score (nSPS) is 20.7. The summed E-state index contributed by atoms with van der Waals surface area (Å²) in [5.74, 6) is 2.93. The number of aromatic nitrogens is 1. The first-order valence-corrected chi connectivity index (χ1v) is 13.6. The smallest absolute Gasteiger partial charge is 0.286 e. The number of nitrogens with one attached hydrogen (secondary N) is 1. The van der Waals surface area contributed by atoms with Crippen LogP contribution < -0.4 is 14.8 Å². The maximum Gasteiger partial charge on any atom is 0.286 e. The average Bonchev–Trinajstić information content (AvgIpc) is 3.43. The summed E-state index contributed by atoms with van der Waals surface area (Å²) in [4.78, 5) is 27.9. The molecule has 2 atom stereocenters. The van der Waals surface area contributed by atoms with Gasteiger partial charge >= 0.3 is 0 Å². The quantitative estimate of drug-likeness (QED) is 0.415. The molecule has 0 aliphatic carbocycles. The number of imide groups is 1. The second kappa shape index (κ2) is 10.0. The van der Waals surface area contributed by atoms with Crippen molar-refractivity contribution in [3.8, 4) is 17.2 Å². The van der Waals surface area contributed by atoms with Crippen LogP contribution in [0.5, 0.6) is 17.2 Å². The number of rotatable bonds is 7. The largest absolute Gasteiger partial charge is 0.507 e. The van der Waals surface area contributed by atoms with Crippen molar-refractivity contribution in [2.75, 3.05) is 6.61 Å². The second-order valence-electron chi connectivity index (χ2n) is 10.2. The number of thioether (sulfide) groups is 1. The molecule has 38 heavy (non-hydrogen) atoms. The Balaban J connectivity index is 1.21. The van der Waals surface area contributed by atoms with E-state index in [1.807, 2.05) is 58.9 Å². The fourth-order valence-electron chi connectivity index (χ4n) is 5.01. The number of phenols is 1. The van der Waals surface area contributed by atoms with Crippen molar-refractivity contribution in [2.45, 2.75) is 71.2 Å². The molecule has 0 bridgehead atoms. The molecule has 8 nitrogen and oxygen atoms in total. The van der Waals surface area contributed by atoms with Gasteiger partial charge in [0.2, 0.25) is 11.8 Å². The maximum atomic E-state index is 11.8. The van der Waals surface area contributed by atoms with Gasteiger partial charge in [-0.05, 0) is 81.8 Å². The number of hydrogen-bond donors (Lipinski definition) is 2. The molecule has 200 valence electrons. The van der Waals surface area contributed by atoms with Crippen LogP contribution in [0.15, 0.2) is 28.7 Å². The van der Waals surface area contributed by atoms with E-state index in [4.69, 9.17) is 18.9 Å². The highest BCUT2D eigenvalue weighted by molar-refractivity contribution is 8.15. The third-order valence-corrected chi connectivity index (χ3v) is 8.57. The van der Waals surface area contributed by atoms with Gasteiger partial charge in [-0.3, -0.25) is 14.9 Å². The first-order valence-electron chi connectivity index (χ1n) is 12.8. The van der Waals surface area contributed by atoms with E-state index in [9.17, 15) is 14.7 Å². The Bertz CT molecular complexity index is 1410. The lowest BCUT2D eigenvalue weighted by atomic mass is 9.87. The zero-order valence-corrected chi connectivity index (χ0v) is 23.1. The zero-order chi connectivity index (χ0) is 27.2. The molecule has 5 rings (SSSR count). The second-order valence-corrected chi connectivity index (χ2v) is 11.4. The molecule has 2 amide bonds. The molecule has 2 N–H and O–H groups in total. The number of carbonyl (C=O) groups is 2. The molecule has 1 aromatic heterocycles. The number of amides is 2. The predicted octanol–water partition coefficient (Wildman–Crippen LogP) is 5.37. The molecule has 2 aliphatic heterocycles. The van der Waals surface area contributed by atoms with Crippen LogP contribution in [-0.2, 0) is 29.7 Å². The van der Waals surface area contributed by atoms with Gasteiger partial charge in [0.15, 0.2) is 5.60 Å². The van der Waals surface area contributed by atoms with Crippen LogP contribution in [-0.4, -0.2) is 33.1 Å². The lowest BCUT2D eigenvalue weighted by Gasteiger charge is -2.35. The molecule has 1 saturated heterocycles. The van der Waals surface area contributed by atoms with Crippen molar-refractivity contribution in [1.29, 1.82) is 0 Å². The highest BCUT2D eigenvalue weighted by Crippen LogP contribution is 2.46. The van der Waals surface area contributed by atoms with Gasteiger partial charge in [0, 0.05) is 18.4 Å². The maximum absolute atomic E-state index is 11.8. The number of hydrogen-bond acceptors (Lipinski definition) is 8. The summed E-state index contributed by atoms with van der Waals surface area (Å²) in [6.07, 6.45) is 2.53. The van der Waals surface area contributed by atoms with Crippen molar-refractivity contribution >= 4 is 22.9 Å². The molecule has 0 saturated carbocycles. The van der Waals surface area contributed by atoms with Gasteiger partial charge in [0.05, 0.1) is 17.6 Å². The molecular formula is C29H32N2O6S. The lowest BCUT2D eigenvalue weighted by molar-refractivity contribution is -0.118. The number of fused-ring (bicyclic) bond motifs is 1. The number of nitrogens with zero attached hydrogens (tertiary/aromatic N) is 1. The van der Waals surface area contributed by atoms with Crippen LogP contribution in [0.3, 0.4) is 0 Å². The Morgan fingerprint density at radius 1 is 1.13 bits per heavy atom. The number of carbonyl (C=O) groups excluding carboxylic acids is 2. The van der Waals surface area contributed by atoms with Gasteiger partial charge in [0.1, 0.15) is 23.0 Å². The number of benzene rings is 2. The molecule has 3 aromatic rings. The molecule has 1 fully saturated rings. The van der Waals surface area contributed by atoms with E-state index in [0.717, 1.165) is 69.0 Å². The Kier molecular flexibility index (Phi) is 6.90. The van der Waals surface area contributed by atoms with E-state index in [2.05, 4.69) is 5.32 Å². The highest BCUT2D eigenvalue weighted by Gasteiger charge is 2.40. The predicted molar refractivity (Wildman–Crippen MR) is 144 cm³/mol. The Morgan fingerprint density at radius 3 is 2.55 bits per heavy atom. The van der Waals surface area contributed by atoms with E-state index >= 15 is 0 Å². The van der Waals surface area contributed by atoms with Gasteiger partial charge in [-0.25, -0.2) is 4.98 Å². The highest BCUT2D eigenvalue weighted by atomic mass is 32.2. The molecule has 0 spiro atoms. The standard InChI is InChI=1S/C29H32N2O6S/c1-15-16(2)25-21(17(3)24(15)32)10-12-29(5,37-25)27-30-22(18(4)36-27)11-13-35-20-8-6-19(7-9-20)14-23-26(33)31-28(34)38-23/h6-9,23,32H,10-14H2,1-5H3,(H,31,33,34). The molecule has 2 unspecified atom stereocenters. The summed E-state index contributed by atoms with van der Waals surface area (Å²) >= 11 is 1.03. The summed E-state index contributed by atoms with van der Waals surface area (Å²) in [6.45, 7) is 10.1. The van der Waals surface area contributed by atoms with Crippen LogP contribution in [0.25, 0.3) is 0 Å². The summed E-state index contributed by atoms with van der Waals surface area (Å²) < 4.78 is 18.5. The molecule has 9 heteroatoms. The van der Waals surface area contributed by atoms with Crippen LogP contribution in [0.4, 0.5) is 4.79 Å². The van der Waals surface area contributed by atoms with Crippen molar-refractivity contribution in [3.63, 3.8) is 0 Å². The lowest BCUT2D eigenvalue weighted by Crippen LogP contribution is -2.35. The van der Waals surface area contributed by atoms with Crippen LogP contribution in [0.1, 0.15) is 58.5 Å². The van der Waals surface area contributed by atoms with Gasteiger partial charge in [-0.2, -0.15) is 0 Å². The summed E-state index contributed by atoms with van der Waals surface area (Å²) in [7, 11) is 0. The van der Waals surface area contributed by atoms with E-state index < -0.39 is 5.60 Å².